The Morgan fingerprint density at radius 3 is 3.00 bits per heavy atom. The van der Waals surface area contributed by atoms with E-state index in [1.807, 2.05) is 11.5 Å². The number of carbonyl (C=O) groups excluding carboxylic acids is 2. The van der Waals surface area contributed by atoms with Crippen LogP contribution in [0.5, 0.6) is 0 Å². The molecule has 0 fully saturated rings. The molecule has 2 aromatic rings. The van der Waals surface area contributed by atoms with Gasteiger partial charge in [-0.25, -0.2) is 0 Å². The van der Waals surface area contributed by atoms with E-state index in [1.54, 1.807) is 18.4 Å². The number of thioether (sulfide) groups is 1. The fourth-order valence-corrected chi connectivity index (χ4v) is 2.58. The van der Waals surface area contributed by atoms with Crippen molar-refractivity contribution in [3.05, 3.63) is 18.4 Å². The largest absolute Gasteiger partial charge is 0.461 e. The second-order valence-corrected chi connectivity index (χ2v) is 5.40. The van der Waals surface area contributed by atoms with Crippen molar-refractivity contribution in [2.75, 3.05) is 18.9 Å². The third-order valence-corrected chi connectivity index (χ3v) is 3.79. The molecule has 0 aliphatic rings. The van der Waals surface area contributed by atoms with Gasteiger partial charge in [-0.15, -0.1) is 16.6 Å². The molecule has 0 saturated carbocycles. The second-order valence-electron chi connectivity index (χ2n) is 4.46. The van der Waals surface area contributed by atoms with Gasteiger partial charge in [-0.2, -0.15) is 0 Å². The van der Waals surface area contributed by atoms with Crippen LogP contribution in [0.1, 0.15) is 6.92 Å². The maximum atomic E-state index is 11.7. The highest BCUT2D eigenvalue weighted by Crippen LogP contribution is 2.24. The molecule has 2 heterocycles. The van der Waals surface area contributed by atoms with Gasteiger partial charge < -0.3 is 14.5 Å². The number of terminal acetylenes is 1. The van der Waals surface area contributed by atoms with Crippen molar-refractivity contribution in [1.82, 2.24) is 20.1 Å². The zero-order valence-corrected chi connectivity index (χ0v) is 13.8. The van der Waals surface area contributed by atoms with Crippen molar-refractivity contribution in [3.8, 4) is 23.9 Å². The highest BCUT2D eigenvalue weighted by atomic mass is 32.2. The van der Waals surface area contributed by atoms with Gasteiger partial charge in [-0.1, -0.05) is 17.7 Å². The van der Waals surface area contributed by atoms with E-state index in [0.29, 0.717) is 23.3 Å². The molecule has 0 atom stereocenters. The van der Waals surface area contributed by atoms with Crippen molar-refractivity contribution < 1.29 is 18.7 Å². The number of rotatable bonds is 8. The van der Waals surface area contributed by atoms with E-state index in [2.05, 4.69) is 21.4 Å². The minimum absolute atomic E-state index is 0.0126. The summed E-state index contributed by atoms with van der Waals surface area (Å²) in [7, 11) is 0. The van der Waals surface area contributed by atoms with Crippen LogP contribution in [0, 0.1) is 12.3 Å². The fraction of sp³-hybridized carbons (Fsp3) is 0.333. The van der Waals surface area contributed by atoms with Crippen LogP contribution < -0.4 is 5.32 Å². The summed E-state index contributed by atoms with van der Waals surface area (Å²) in [5.74, 6) is 2.49. The predicted octanol–water partition coefficient (Wildman–Crippen LogP) is 0.943. The van der Waals surface area contributed by atoms with E-state index < -0.39 is 11.9 Å². The lowest BCUT2D eigenvalue weighted by Crippen LogP contribution is -2.29. The number of nitrogens with zero attached hydrogens (tertiary/aromatic N) is 3. The number of carbonyl (C=O) groups is 2. The normalized spacial score (nSPS) is 10.2. The first-order valence-corrected chi connectivity index (χ1v) is 8.10. The lowest BCUT2D eigenvalue weighted by Gasteiger charge is -2.06. The van der Waals surface area contributed by atoms with Crippen LogP contribution in [0.4, 0.5) is 0 Å². The van der Waals surface area contributed by atoms with Gasteiger partial charge >= 0.3 is 5.97 Å². The van der Waals surface area contributed by atoms with E-state index in [9.17, 15) is 9.59 Å². The third kappa shape index (κ3) is 4.63. The summed E-state index contributed by atoms with van der Waals surface area (Å²) >= 11 is 1.18. The van der Waals surface area contributed by atoms with Gasteiger partial charge in [0.25, 0.3) is 5.91 Å². The Balaban J connectivity index is 1.87. The van der Waals surface area contributed by atoms with Gasteiger partial charge in [0.15, 0.2) is 23.3 Å². The maximum Gasteiger partial charge on any atom is 0.316 e. The molecule has 0 saturated heterocycles. The van der Waals surface area contributed by atoms with Crippen molar-refractivity contribution >= 4 is 23.6 Å². The molecule has 0 bridgehead atoms. The maximum absolute atomic E-state index is 11.7. The summed E-state index contributed by atoms with van der Waals surface area (Å²) in [5, 5.41) is 11.1. The summed E-state index contributed by atoms with van der Waals surface area (Å²) in [6, 6.07) is 3.55. The van der Waals surface area contributed by atoms with Gasteiger partial charge in [-0.05, 0) is 19.1 Å². The van der Waals surface area contributed by atoms with E-state index >= 15 is 0 Å². The molecule has 9 heteroatoms. The van der Waals surface area contributed by atoms with E-state index in [0.717, 1.165) is 0 Å². The predicted molar refractivity (Wildman–Crippen MR) is 86.9 cm³/mol. The fourth-order valence-electron chi connectivity index (χ4n) is 1.78. The summed E-state index contributed by atoms with van der Waals surface area (Å²) in [6.45, 7) is 2.29. The summed E-state index contributed by atoms with van der Waals surface area (Å²) < 4.78 is 12.0. The topological polar surface area (TPSA) is 99.2 Å². The third-order valence-electron chi connectivity index (χ3n) is 2.85. The lowest BCUT2D eigenvalue weighted by atomic mass is 10.4. The van der Waals surface area contributed by atoms with Gasteiger partial charge in [0, 0.05) is 6.54 Å². The standard InChI is InChI=1S/C15H16N4O4S/c1-3-7-16-12(20)9-23-13(21)10-24-15-18-17-14(19(15)4-2)11-6-5-8-22-11/h1,5-6,8H,4,7,9-10H2,2H3,(H,16,20). The van der Waals surface area contributed by atoms with E-state index in [1.165, 1.54) is 11.8 Å². The second kappa shape index (κ2) is 8.79. The molecule has 2 rings (SSSR count). The van der Waals surface area contributed by atoms with E-state index in [4.69, 9.17) is 15.6 Å². The number of esters is 1. The van der Waals surface area contributed by atoms with E-state index in [-0.39, 0.29) is 18.9 Å². The van der Waals surface area contributed by atoms with Crippen LogP contribution in [0.2, 0.25) is 0 Å². The molecule has 0 aromatic carbocycles. The van der Waals surface area contributed by atoms with Crippen molar-refractivity contribution in [3.63, 3.8) is 0 Å². The molecule has 0 spiro atoms. The Bertz CT molecular complexity index is 733. The van der Waals surface area contributed by atoms with Crippen LogP contribution in [0.25, 0.3) is 11.6 Å². The quantitative estimate of drug-likeness (QED) is 0.430. The molecule has 1 amide bonds. The van der Waals surface area contributed by atoms with Crippen LogP contribution >= 0.6 is 11.8 Å². The van der Waals surface area contributed by atoms with Crippen LogP contribution in [0.15, 0.2) is 28.0 Å². The first kappa shape index (κ1) is 17.6. The van der Waals surface area contributed by atoms with Crippen molar-refractivity contribution in [1.29, 1.82) is 0 Å². The molecule has 0 unspecified atom stereocenters. The lowest BCUT2D eigenvalue weighted by molar-refractivity contribution is -0.145. The summed E-state index contributed by atoms with van der Waals surface area (Å²) in [6.07, 6.45) is 6.57. The molecule has 8 nitrogen and oxygen atoms in total. The van der Waals surface area contributed by atoms with Gasteiger partial charge in [0.2, 0.25) is 0 Å². The van der Waals surface area contributed by atoms with Gasteiger partial charge in [0.1, 0.15) is 0 Å². The Hall–Kier alpha value is -2.73. The minimum Gasteiger partial charge on any atom is -0.461 e. The Morgan fingerprint density at radius 1 is 1.50 bits per heavy atom. The molecule has 1 N–H and O–H groups in total. The van der Waals surface area contributed by atoms with Crippen molar-refractivity contribution in [2.24, 2.45) is 0 Å². The van der Waals surface area contributed by atoms with Gasteiger partial charge in [0.05, 0.1) is 18.6 Å². The molecule has 24 heavy (non-hydrogen) atoms. The molecule has 0 radical (unpaired) electrons. The molecule has 0 aliphatic carbocycles. The summed E-state index contributed by atoms with van der Waals surface area (Å²) in [4.78, 5) is 23.0. The van der Waals surface area contributed by atoms with Crippen LogP contribution in [-0.2, 0) is 20.9 Å². The number of furan rings is 1. The number of aromatic nitrogens is 3. The number of hydrogen-bond donors (Lipinski definition) is 1. The average molecular weight is 348 g/mol. The van der Waals surface area contributed by atoms with Crippen LogP contribution in [0.3, 0.4) is 0 Å². The molecule has 126 valence electrons. The Kier molecular flexibility index (Phi) is 6.45. The van der Waals surface area contributed by atoms with Crippen molar-refractivity contribution in [2.45, 2.75) is 18.6 Å². The highest BCUT2D eigenvalue weighted by molar-refractivity contribution is 7.99. The molecule has 0 aliphatic heterocycles. The average Bonchev–Trinajstić information content (AvgIpc) is 3.24. The number of ether oxygens (including phenoxy) is 1. The number of hydrogen-bond acceptors (Lipinski definition) is 7. The monoisotopic (exact) mass is 348 g/mol. The number of amides is 1. The van der Waals surface area contributed by atoms with Crippen LogP contribution in [-0.4, -0.2) is 45.5 Å². The Labute approximate surface area is 143 Å². The summed E-state index contributed by atoms with van der Waals surface area (Å²) in [5.41, 5.74) is 0. The van der Waals surface area contributed by atoms with Gasteiger partial charge in [-0.3, -0.25) is 14.2 Å². The molecule has 2 aromatic heterocycles. The smallest absolute Gasteiger partial charge is 0.316 e. The first-order valence-electron chi connectivity index (χ1n) is 7.11. The molecular formula is C15H16N4O4S. The zero-order chi connectivity index (χ0) is 17.4. The highest BCUT2D eigenvalue weighted by Gasteiger charge is 2.16. The minimum atomic E-state index is -0.527. The SMILES string of the molecule is C#CCNC(=O)COC(=O)CSc1nnc(-c2ccco2)n1CC. The number of nitrogens with one attached hydrogen (secondary N) is 1. The molecular weight excluding hydrogens is 332 g/mol. The zero-order valence-electron chi connectivity index (χ0n) is 13.0. The first-order chi connectivity index (χ1) is 11.7. The Morgan fingerprint density at radius 2 is 2.33 bits per heavy atom.